The van der Waals surface area contributed by atoms with Crippen molar-refractivity contribution in [1.82, 2.24) is 59.1 Å². The minimum atomic E-state index is -0.184. The van der Waals surface area contributed by atoms with Gasteiger partial charge in [0.05, 0.1) is 23.3 Å². The SMILES string of the molecule is Cc1c[c-]c(-c2nnc(C(C)(C)CC(C)(C)C)n2-c2ccc(-c3cc(C(C)(C)C)cc(C(C)(C)C)c3)cc2C)cc1C.Cc1c[c-]c(-c2nnc(C(C)(C)CC(C)(C)C)n2-c2ccc(-c3ccc(C(C)(C)C)cc3)cc2C)cc1C.Cc1c[c-]c(-c2nnc(C(C)(C)CC(C)(C)C)n2-c2ccc(C(C)(C)C)cc2C)cc1C.Cc1ccc(-n2c(-c3[c-]cc(C)c(C)c3)nnc2C(C)(C)CC(C)(C)C)c(C)c1.[Ir].[Ir].[Ir].[Ir]. The van der Waals surface area contributed by atoms with Gasteiger partial charge in [0.15, 0.2) is 0 Å². The van der Waals surface area contributed by atoms with Crippen molar-refractivity contribution >= 4 is 0 Å². The Morgan fingerprint density at radius 1 is 0.200 bits per heavy atom. The molecule has 0 aliphatic heterocycles. The Hall–Kier alpha value is -8.64. The Kier molecular flexibility index (Phi) is 39.5. The summed E-state index contributed by atoms with van der Waals surface area (Å²) in [6.07, 6.45) is 4.00. The third-order valence-electron chi connectivity index (χ3n) is 27.5. The Labute approximate surface area is 930 Å². The van der Waals surface area contributed by atoms with Crippen molar-refractivity contribution in [3.05, 3.63) is 306 Å². The fourth-order valence-corrected chi connectivity index (χ4v) is 20.7. The van der Waals surface area contributed by atoms with Gasteiger partial charge in [-0.2, -0.15) is 20.4 Å². The van der Waals surface area contributed by atoms with Crippen LogP contribution in [0.4, 0.5) is 0 Å². The van der Waals surface area contributed by atoms with Crippen LogP contribution >= 0.6 is 0 Å². The summed E-state index contributed by atoms with van der Waals surface area (Å²) in [6.45, 7) is 101. The zero-order chi connectivity index (χ0) is 105. The van der Waals surface area contributed by atoms with Crippen molar-refractivity contribution in [1.29, 1.82) is 0 Å². The third kappa shape index (κ3) is 30.4. The number of nitrogens with zero attached hydrogens (tertiary/aromatic N) is 12. The summed E-state index contributed by atoms with van der Waals surface area (Å²) in [5.74, 6) is 7.38. The molecule has 0 amide bonds. The van der Waals surface area contributed by atoms with Gasteiger partial charge in [-0.1, -0.05) is 361 Å². The quantitative estimate of drug-likeness (QED) is 0.0779. The van der Waals surface area contributed by atoms with Crippen LogP contribution < -0.4 is 0 Å². The standard InChI is InChI=1S/C39H52N3.C35H44N3.C29H40N3.C26H34N3.4Ir/c1-25-15-16-29(19-26(25)2)34-40-41-35(39(13,14)24-36(4,5)6)42(34)33-18-17-28(20-27(33)3)30-21-31(37(7,8)9)23-32(22-30)38(10,11)12;1-23-12-13-28(20-24(23)2)31-36-37-32(35(10,11)22-33(4,5)6)38(31)30-19-16-27(21-25(30)3)26-14-17-29(18-15-26)34(7,8)9;1-19-12-13-22(16-20(19)2)25-30-31-26(29(10,11)18-27(4,5)6)32(25)24-15-14-23(17-21(24)3)28(7,8)9;1-17-10-13-22(20(4)14-17)29-23(21-12-11-18(2)19(3)15-21)27-28-24(29)26(8,9)16-25(5,6)7;;;;/h15,17-23H,24H2,1-14H3;12,14-21H,22H2,1-11H3;12,14-17H,18H2,1-11H3;10-11,13-15H,16H2,1-9H3;;;;/q4*-1;;;;. The topological polar surface area (TPSA) is 123 Å². The Morgan fingerprint density at radius 3 is 0.662 bits per heavy atom. The minimum absolute atomic E-state index is 0. The largest absolute Gasteiger partial charge is 0.319 e. The van der Waals surface area contributed by atoms with Gasteiger partial charge in [-0.15, -0.1) is 160 Å². The molecule has 0 fully saturated rings. The molecule has 786 valence electrons. The monoisotopic (exact) mass is 2660 g/mol. The van der Waals surface area contributed by atoms with E-state index in [1.165, 1.54) is 117 Å². The van der Waals surface area contributed by atoms with Gasteiger partial charge in [-0.3, -0.25) is 0 Å². The maximum atomic E-state index is 4.87. The first-order valence-corrected chi connectivity index (χ1v) is 51.2. The second kappa shape index (κ2) is 46.4. The summed E-state index contributed by atoms with van der Waals surface area (Å²) in [5, 5.41) is 38.2. The number of hydrogen-bond acceptors (Lipinski definition) is 8. The predicted octanol–water partition coefficient (Wildman–Crippen LogP) is 34.3. The fourth-order valence-electron chi connectivity index (χ4n) is 20.7. The summed E-state index contributed by atoms with van der Waals surface area (Å²) in [6, 6.07) is 73.8. The molecular formula is C129H170Ir4N12-4. The normalized spacial score (nSPS) is 12.5. The van der Waals surface area contributed by atoms with E-state index in [1.54, 1.807) is 0 Å². The van der Waals surface area contributed by atoms with Gasteiger partial charge in [-0.25, -0.2) is 0 Å². The van der Waals surface area contributed by atoms with E-state index in [0.29, 0.717) is 0 Å². The molecule has 145 heavy (non-hydrogen) atoms. The molecule has 4 aromatic heterocycles. The Morgan fingerprint density at radius 2 is 0.428 bits per heavy atom. The van der Waals surface area contributed by atoms with E-state index in [1.807, 2.05) is 6.07 Å². The zero-order valence-corrected chi connectivity index (χ0v) is 106. The molecule has 0 saturated carbocycles. The molecule has 0 aliphatic rings. The first-order chi connectivity index (χ1) is 64.7. The predicted molar refractivity (Wildman–Crippen MR) is 598 cm³/mol. The molecule has 4 radical (unpaired) electrons. The number of aromatic nitrogens is 12. The van der Waals surface area contributed by atoms with Crippen LogP contribution in [0.5, 0.6) is 0 Å². The molecule has 0 spiro atoms. The van der Waals surface area contributed by atoms with E-state index in [9.17, 15) is 0 Å². The molecule has 0 N–H and O–H groups in total. The molecule has 0 unspecified atom stereocenters. The Balaban J connectivity index is 0.000000262. The van der Waals surface area contributed by atoms with Crippen LogP contribution in [0.2, 0.25) is 0 Å². The van der Waals surface area contributed by atoms with Gasteiger partial charge in [0, 0.05) is 125 Å². The van der Waals surface area contributed by atoms with E-state index < -0.39 is 0 Å². The van der Waals surface area contributed by atoms with Crippen molar-refractivity contribution in [2.45, 2.75) is 381 Å². The molecule has 14 rings (SSSR count). The van der Waals surface area contributed by atoms with Gasteiger partial charge >= 0.3 is 0 Å². The molecule has 12 nitrogen and oxygen atoms in total. The van der Waals surface area contributed by atoms with E-state index >= 15 is 0 Å². The van der Waals surface area contributed by atoms with E-state index in [-0.39, 0.29) is 145 Å². The van der Waals surface area contributed by atoms with Crippen molar-refractivity contribution in [3.63, 3.8) is 0 Å². The fraction of sp³-hybridized carbons (Fsp3) is 0.473. The van der Waals surface area contributed by atoms with Crippen LogP contribution in [-0.4, -0.2) is 59.1 Å². The van der Waals surface area contributed by atoms with Crippen molar-refractivity contribution < 1.29 is 80.4 Å². The van der Waals surface area contributed by atoms with Crippen LogP contribution in [0.1, 0.15) is 365 Å². The van der Waals surface area contributed by atoms with Crippen LogP contribution in [0, 0.1) is 136 Å². The maximum absolute atomic E-state index is 4.87. The van der Waals surface area contributed by atoms with Crippen molar-refractivity contribution in [3.8, 4) is 90.6 Å². The molecule has 0 bridgehead atoms. The van der Waals surface area contributed by atoms with Crippen molar-refractivity contribution in [2.75, 3.05) is 0 Å². The zero-order valence-electron chi connectivity index (χ0n) is 96.6. The van der Waals surface area contributed by atoms with Gasteiger partial charge < -0.3 is 18.3 Å². The van der Waals surface area contributed by atoms with E-state index in [2.05, 4.69) is 517 Å². The molecular weight excluding hydrogens is 2490 g/mol. The molecule has 10 aromatic carbocycles. The van der Waals surface area contributed by atoms with Gasteiger partial charge in [0.25, 0.3) is 0 Å². The number of hydrogen-bond donors (Lipinski definition) is 0. The summed E-state index contributed by atoms with van der Waals surface area (Å²) in [4.78, 5) is 0. The van der Waals surface area contributed by atoms with Gasteiger partial charge in [-0.05, 0) is 207 Å². The summed E-state index contributed by atoms with van der Waals surface area (Å²) in [5.41, 5.74) is 35.2. The molecule has 4 heterocycles. The molecule has 16 heteroatoms. The maximum Gasteiger partial charge on any atom is 0.134 e. The van der Waals surface area contributed by atoms with Crippen LogP contribution in [0.15, 0.2) is 164 Å². The van der Waals surface area contributed by atoms with E-state index in [0.717, 1.165) is 117 Å². The third-order valence-corrected chi connectivity index (χ3v) is 27.5. The number of aryl methyl sites for hydroxylation is 13. The van der Waals surface area contributed by atoms with Gasteiger partial charge in [0.1, 0.15) is 23.3 Å². The number of benzene rings is 10. The van der Waals surface area contributed by atoms with Crippen molar-refractivity contribution in [2.24, 2.45) is 21.7 Å². The first kappa shape index (κ1) is 123. The second-order valence-corrected chi connectivity index (χ2v) is 52.7. The minimum Gasteiger partial charge on any atom is -0.319 e. The molecule has 0 atom stereocenters. The molecule has 0 aliphatic carbocycles. The molecule has 0 saturated heterocycles. The van der Waals surface area contributed by atoms with Gasteiger partial charge in [0.2, 0.25) is 0 Å². The second-order valence-electron chi connectivity index (χ2n) is 52.7. The van der Waals surface area contributed by atoms with Crippen LogP contribution in [0.25, 0.3) is 90.6 Å². The number of rotatable bonds is 18. The van der Waals surface area contributed by atoms with E-state index in [4.69, 9.17) is 35.7 Å². The van der Waals surface area contributed by atoms with Crippen LogP contribution in [-0.2, 0) is 124 Å². The summed E-state index contributed by atoms with van der Waals surface area (Å²) < 4.78 is 9.08. The average Bonchev–Trinajstić information content (AvgIpc) is 1.66. The summed E-state index contributed by atoms with van der Waals surface area (Å²) in [7, 11) is 0. The first-order valence-electron chi connectivity index (χ1n) is 51.2. The average molecular weight is 2660 g/mol. The smallest absolute Gasteiger partial charge is 0.134 e. The Bertz CT molecular complexity index is 6800. The van der Waals surface area contributed by atoms with Crippen LogP contribution in [0.3, 0.4) is 0 Å². The molecule has 14 aromatic rings. The summed E-state index contributed by atoms with van der Waals surface area (Å²) >= 11 is 0.